The molecule has 21 heavy (non-hydrogen) atoms. The molecule has 2 aromatic heterocycles. The summed E-state index contributed by atoms with van der Waals surface area (Å²) in [6, 6.07) is 4.10. The number of imidazole rings is 1. The third-order valence-corrected chi connectivity index (χ3v) is 5.92. The van der Waals surface area contributed by atoms with E-state index in [-0.39, 0.29) is 0 Å². The molecule has 2 aromatic rings. The van der Waals surface area contributed by atoms with Crippen LogP contribution < -0.4 is 0 Å². The summed E-state index contributed by atoms with van der Waals surface area (Å²) < 4.78 is 2.43. The molecular weight excluding hydrogens is 280 g/mol. The molecule has 5 heteroatoms. The van der Waals surface area contributed by atoms with E-state index in [4.69, 9.17) is 4.98 Å². The van der Waals surface area contributed by atoms with Crippen LogP contribution in [0, 0.1) is 5.92 Å². The average Bonchev–Trinajstić information content (AvgIpc) is 3.20. The number of likely N-dealkylation sites (tertiary alicyclic amines) is 1. The Morgan fingerprint density at radius 2 is 2.33 bits per heavy atom. The fourth-order valence-corrected chi connectivity index (χ4v) is 4.86. The number of hydrogen-bond acceptors (Lipinski definition) is 4. The predicted octanol–water partition coefficient (Wildman–Crippen LogP) is 2.60. The number of thioether (sulfide) groups is 1. The molecule has 0 spiro atoms. The summed E-state index contributed by atoms with van der Waals surface area (Å²) in [5.74, 6) is 5.12. The highest BCUT2D eigenvalue weighted by molar-refractivity contribution is 7.99. The van der Waals surface area contributed by atoms with Crippen molar-refractivity contribution in [2.45, 2.75) is 25.3 Å². The second-order valence-corrected chi connectivity index (χ2v) is 7.55. The van der Waals surface area contributed by atoms with Gasteiger partial charge < -0.3 is 9.47 Å². The second-order valence-electron chi connectivity index (χ2n) is 6.40. The van der Waals surface area contributed by atoms with Gasteiger partial charge in [0.15, 0.2) is 5.65 Å². The predicted molar refractivity (Wildman–Crippen MR) is 87.8 cm³/mol. The molecule has 2 unspecified atom stereocenters. The highest BCUT2D eigenvalue weighted by Crippen LogP contribution is 2.34. The van der Waals surface area contributed by atoms with Crippen LogP contribution in [0.25, 0.3) is 11.2 Å². The smallest absolute Gasteiger partial charge is 0.160 e. The average molecular weight is 302 g/mol. The summed E-state index contributed by atoms with van der Waals surface area (Å²) in [6.07, 6.45) is 4.45. The fraction of sp³-hybridized carbons (Fsp3) is 0.625. The molecule has 0 saturated carbocycles. The van der Waals surface area contributed by atoms with Crippen molar-refractivity contribution in [3.05, 3.63) is 24.2 Å². The maximum atomic E-state index is 4.93. The van der Waals surface area contributed by atoms with Gasteiger partial charge in [-0.2, -0.15) is 11.8 Å². The molecular formula is C16H22N4S. The van der Waals surface area contributed by atoms with Gasteiger partial charge in [0.05, 0.1) is 0 Å². The molecule has 0 N–H and O–H groups in total. The zero-order valence-corrected chi connectivity index (χ0v) is 13.4. The Morgan fingerprint density at radius 1 is 1.38 bits per heavy atom. The van der Waals surface area contributed by atoms with Crippen molar-refractivity contribution in [1.29, 1.82) is 0 Å². The number of rotatable bonds is 3. The summed E-state index contributed by atoms with van der Waals surface area (Å²) in [4.78, 5) is 12.0. The van der Waals surface area contributed by atoms with E-state index in [1.165, 1.54) is 43.3 Å². The van der Waals surface area contributed by atoms with Crippen molar-refractivity contribution in [2.24, 2.45) is 5.92 Å². The van der Waals surface area contributed by atoms with Crippen LogP contribution in [0.15, 0.2) is 18.3 Å². The first-order valence-corrected chi connectivity index (χ1v) is 9.04. The largest absolute Gasteiger partial charge is 0.312 e. The van der Waals surface area contributed by atoms with Crippen LogP contribution in [-0.4, -0.2) is 51.1 Å². The van der Waals surface area contributed by atoms with E-state index in [0.717, 1.165) is 23.6 Å². The molecule has 4 nitrogen and oxygen atoms in total. The molecule has 4 heterocycles. The third kappa shape index (κ3) is 2.57. The van der Waals surface area contributed by atoms with E-state index in [0.29, 0.717) is 5.92 Å². The van der Waals surface area contributed by atoms with Crippen molar-refractivity contribution < 1.29 is 0 Å². The van der Waals surface area contributed by atoms with Crippen LogP contribution in [0.1, 0.15) is 24.6 Å². The van der Waals surface area contributed by atoms with Gasteiger partial charge in [-0.1, -0.05) is 0 Å². The van der Waals surface area contributed by atoms with E-state index in [1.54, 1.807) is 0 Å². The first kappa shape index (κ1) is 13.6. The molecule has 0 bridgehead atoms. The highest BCUT2D eigenvalue weighted by Gasteiger charge is 2.27. The molecule has 0 aromatic carbocycles. The zero-order chi connectivity index (χ0) is 14.2. The molecule has 2 saturated heterocycles. The van der Waals surface area contributed by atoms with Gasteiger partial charge in [-0.15, -0.1) is 0 Å². The lowest BCUT2D eigenvalue weighted by Gasteiger charge is -2.16. The number of aromatic nitrogens is 3. The van der Waals surface area contributed by atoms with Gasteiger partial charge in [0.25, 0.3) is 0 Å². The normalized spacial score (nSPS) is 26.9. The van der Waals surface area contributed by atoms with Crippen molar-refractivity contribution in [1.82, 2.24) is 19.4 Å². The van der Waals surface area contributed by atoms with Crippen LogP contribution in [0.5, 0.6) is 0 Å². The van der Waals surface area contributed by atoms with Gasteiger partial charge in [0.2, 0.25) is 0 Å². The molecule has 0 aliphatic carbocycles. The molecule has 2 atom stereocenters. The molecule has 4 rings (SSSR count). The molecule has 2 aliphatic rings. The summed E-state index contributed by atoms with van der Waals surface area (Å²) in [7, 11) is 2.22. The quantitative estimate of drug-likeness (QED) is 0.873. The number of nitrogens with zero attached hydrogens (tertiary/aromatic N) is 4. The third-order valence-electron chi connectivity index (χ3n) is 4.76. The lowest BCUT2D eigenvalue weighted by molar-refractivity contribution is 0.376. The maximum absolute atomic E-state index is 4.93. The van der Waals surface area contributed by atoms with Gasteiger partial charge in [0, 0.05) is 31.0 Å². The number of fused-ring (bicyclic) bond motifs is 1. The Bertz CT molecular complexity index is 632. The van der Waals surface area contributed by atoms with Crippen molar-refractivity contribution in [2.75, 3.05) is 31.6 Å². The standard InChI is InChI=1S/C16H22N4S/c1-19-7-4-12(9-19)10-20-15(13-5-8-21-11-13)18-14-3-2-6-17-16(14)20/h2-3,6,12-13H,4-5,7-11H2,1H3. The minimum atomic E-state index is 0.614. The summed E-state index contributed by atoms with van der Waals surface area (Å²) in [6.45, 7) is 3.50. The minimum Gasteiger partial charge on any atom is -0.312 e. The van der Waals surface area contributed by atoms with Crippen LogP contribution in [-0.2, 0) is 6.54 Å². The SMILES string of the molecule is CN1CCC(Cn2c(C3CCSC3)nc3cccnc32)C1. The van der Waals surface area contributed by atoms with E-state index in [1.807, 2.05) is 12.3 Å². The van der Waals surface area contributed by atoms with E-state index >= 15 is 0 Å². The maximum Gasteiger partial charge on any atom is 0.160 e. The second kappa shape index (κ2) is 5.61. The van der Waals surface area contributed by atoms with Gasteiger partial charge in [-0.3, -0.25) is 0 Å². The van der Waals surface area contributed by atoms with Crippen molar-refractivity contribution in [3.8, 4) is 0 Å². The van der Waals surface area contributed by atoms with Crippen LogP contribution in [0.4, 0.5) is 0 Å². The Balaban J connectivity index is 1.71. The minimum absolute atomic E-state index is 0.614. The molecule has 112 valence electrons. The first-order valence-electron chi connectivity index (χ1n) is 7.88. The first-order chi connectivity index (χ1) is 10.3. The van der Waals surface area contributed by atoms with E-state index < -0.39 is 0 Å². The monoisotopic (exact) mass is 302 g/mol. The Labute approximate surface area is 129 Å². The molecule has 0 radical (unpaired) electrons. The zero-order valence-electron chi connectivity index (χ0n) is 12.5. The fourth-order valence-electron chi connectivity index (χ4n) is 3.64. The van der Waals surface area contributed by atoms with Crippen molar-refractivity contribution >= 4 is 22.9 Å². The lowest BCUT2D eigenvalue weighted by atomic mass is 10.1. The van der Waals surface area contributed by atoms with Gasteiger partial charge >= 0.3 is 0 Å². The van der Waals surface area contributed by atoms with Gasteiger partial charge in [-0.25, -0.2) is 9.97 Å². The van der Waals surface area contributed by atoms with E-state index in [9.17, 15) is 0 Å². The van der Waals surface area contributed by atoms with Crippen molar-refractivity contribution in [3.63, 3.8) is 0 Å². The van der Waals surface area contributed by atoms with Crippen LogP contribution in [0.3, 0.4) is 0 Å². The van der Waals surface area contributed by atoms with Crippen LogP contribution in [0.2, 0.25) is 0 Å². The Hall–Kier alpha value is -1.07. The van der Waals surface area contributed by atoms with Crippen LogP contribution >= 0.6 is 11.8 Å². The Morgan fingerprint density at radius 3 is 3.10 bits per heavy atom. The summed E-state index contributed by atoms with van der Waals surface area (Å²) in [5.41, 5.74) is 2.15. The topological polar surface area (TPSA) is 34.0 Å². The highest BCUT2D eigenvalue weighted by atomic mass is 32.2. The molecule has 2 aliphatic heterocycles. The Kier molecular flexibility index (Phi) is 3.63. The van der Waals surface area contributed by atoms with Gasteiger partial charge in [0.1, 0.15) is 11.3 Å². The summed E-state index contributed by atoms with van der Waals surface area (Å²) in [5, 5.41) is 0. The summed E-state index contributed by atoms with van der Waals surface area (Å²) >= 11 is 2.06. The number of hydrogen-bond donors (Lipinski definition) is 0. The molecule has 2 fully saturated rings. The molecule has 0 amide bonds. The van der Waals surface area contributed by atoms with E-state index in [2.05, 4.69) is 39.3 Å². The number of pyridine rings is 1. The van der Waals surface area contributed by atoms with Gasteiger partial charge in [-0.05, 0) is 50.2 Å². The lowest BCUT2D eigenvalue weighted by Crippen LogP contribution is -2.19.